The smallest absolute Gasteiger partial charge is 0.163 e. The van der Waals surface area contributed by atoms with Crippen molar-refractivity contribution >= 4 is 12.1 Å². The highest BCUT2D eigenvalue weighted by atomic mass is 16.5. The number of hydrogen-bond donors (Lipinski definition) is 2. The van der Waals surface area contributed by atoms with Gasteiger partial charge in [0.2, 0.25) is 0 Å². The fourth-order valence-corrected chi connectivity index (χ4v) is 2.40. The van der Waals surface area contributed by atoms with E-state index in [-0.39, 0.29) is 5.78 Å². The molecule has 0 saturated heterocycles. The molecule has 0 saturated carbocycles. The molecule has 0 unspecified atom stereocenters. The van der Waals surface area contributed by atoms with Crippen LogP contribution in [0.3, 0.4) is 0 Å². The van der Waals surface area contributed by atoms with Gasteiger partial charge in [-0.1, -0.05) is 0 Å². The summed E-state index contributed by atoms with van der Waals surface area (Å²) < 4.78 is 11.5. The maximum atomic E-state index is 11.8. The van der Waals surface area contributed by atoms with Crippen molar-refractivity contribution in [1.82, 2.24) is 0 Å². The second kappa shape index (κ2) is 12.4. The summed E-state index contributed by atoms with van der Waals surface area (Å²) in [4.78, 5) is 23.2. The van der Waals surface area contributed by atoms with Crippen molar-refractivity contribution in [1.29, 1.82) is 0 Å². The van der Waals surface area contributed by atoms with Crippen LogP contribution in [0.4, 0.5) is 0 Å². The zero-order valence-electron chi connectivity index (χ0n) is 15.1. The standard InChI is InChI=1S/C19H30N2O4/c1-15(23)17-12-16(14-22)18(24-10-6-2-4-8-20)13-19(17)25-11-7-3-5-9-21/h12-14H,2-11,20-21H2,1H3. The SMILES string of the molecule is CC(=O)c1cc(C=O)c(OCCCCCN)cc1OCCCCCN. The number of nitrogens with two attached hydrogens (primary N) is 2. The maximum absolute atomic E-state index is 11.8. The van der Waals surface area contributed by atoms with Crippen LogP contribution in [0.25, 0.3) is 0 Å². The fraction of sp³-hybridized carbons (Fsp3) is 0.579. The first-order valence-corrected chi connectivity index (χ1v) is 8.94. The van der Waals surface area contributed by atoms with Gasteiger partial charge in [-0.25, -0.2) is 0 Å². The number of unbranched alkanes of at least 4 members (excludes halogenated alkanes) is 4. The van der Waals surface area contributed by atoms with E-state index in [4.69, 9.17) is 20.9 Å². The van der Waals surface area contributed by atoms with Crippen LogP contribution in [0.2, 0.25) is 0 Å². The number of Topliss-reactive ketones (excluding diaryl/α,β-unsaturated/α-hetero) is 1. The molecular weight excluding hydrogens is 320 g/mol. The van der Waals surface area contributed by atoms with Gasteiger partial charge in [0.1, 0.15) is 11.5 Å². The summed E-state index contributed by atoms with van der Waals surface area (Å²) in [6, 6.07) is 3.19. The van der Waals surface area contributed by atoms with Crippen LogP contribution in [0.1, 0.15) is 66.2 Å². The minimum absolute atomic E-state index is 0.144. The Hall–Kier alpha value is -1.92. The highest BCUT2D eigenvalue weighted by molar-refractivity contribution is 5.99. The van der Waals surface area contributed by atoms with Gasteiger partial charge in [0.05, 0.1) is 24.3 Å². The molecule has 0 aliphatic carbocycles. The predicted octanol–water partition coefficient (Wildman–Crippen LogP) is 2.72. The first-order valence-electron chi connectivity index (χ1n) is 8.94. The topological polar surface area (TPSA) is 105 Å². The monoisotopic (exact) mass is 350 g/mol. The van der Waals surface area contributed by atoms with Crippen molar-refractivity contribution in [2.24, 2.45) is 11.5 Å². The molecule has 1 rings (SSSR count). The lowest BCUT2D eigenvalue weighted by Crippen LogP contribution is -2.07. The summed E-state index contributed by atoms with van der Waals surface area (Å²) in [5, 5.41) is 0. The quantitative estimate of drug-likeness (QED) is 0.304. The largest absolute Gasteiger partial charge is 0.493 e. The zero-order chi connectivity index (χ0) is 18.5. The minimum Gasteiger partial charge on any atom is -0.493 e. The van der Waals surface area contributed by atoms with Gasteiger partial charge < -0.3 is 20.9 Å². The highest BCUT2D eigenvalue weighted by Crippen LogP contribution is 2.29. The van der Waals surface area contributed by atoms with Crippen LogP contribution < -0.4 is 20.9 Å². The normalized spacial score (nSPS) is 10.5. The highest BCUT2D eigenvalue weighted by Gasteiger charge is 2.15. The third-order valence-corrected chi connectivity index (χ3v) is 3.83. The second-order valence-corrected chi connectivity index (χ2v) is 5.96. The molecule has 6 nitrogen and oxygen atoms in total. The zero-order valence-corrected chi connectivity index (χ0v) is 15.1. The number of carbonyl (C=O) groups excluding carboxylic acids is 2. The Morgan fingerprint density at radius 1 is 0.920 bits per heavy atom. The van der Waals surface area contributed by atoms with Crippen molar-refractivity contribution < 1.29 is 19.1 Å². The average molecular weight is 350 g/mol. The van der Waals surface area contributed by atoms with Crippen molar-refractivity contribution in [3.05, 3.63) is 23.3 Å². The van der Waals surface area contributed by atoms with E-state index in [0.717, 1.165) is 38.5 Å². The van der Waals surface area contributed by atoms with Crippen LogP contribution in [0.15, 0.2) is 12.1 Å². The third kappa shape index (κ3) is 7.67. The summed E-state index contributed by atoms with van der Waals surface area (Å²) in [7, 11) is 0. The van der Waals surface area contributed by atoms with Gasteiger partial charge in [0.15, 0.2) is 12.1 Å². The molecule has 0 aromatic heterocycles. The van der Waals surface area contributed by atoms with Crippen molar-refractivity contribution in [2.45, 2.75) is 45.4 Å². The van der Waals surface area contributed by atoms with Crippen LogP contribution >= 0.6 is 0 Å². The Labute approximate surface area is 149 Å². The molecule has 140 valence electrons. The Bertz CT molecular complexity index is 546. The number of rotatable bonds is 14. The van der Waals surface area contributed by atoms with E-state index in [2.05, 4.69) is 0 Å². The van der Waals surface area contributed by atoms with Gasteiger partial charge in [0.25, 0.3) is 0 Å². The molecule has 0 bridgehead atoms. The van der Waals surface area contributed by atoms with E-state index in [1.807, 2.05) is 0 Å². The third-order valence-electron chi connectivity index (χ3n) is 3.83. The van der Waals surface area contributed by atoms with Crippen LogP contribution in [0.5, 0.6) is 11.5 Å². The van der Waals surface area contributed by atoms with Gasteiger partial charge >= 0.3 is 0 Å². The van der Waals surface area contributed by atoms with Crippen LogP contribution in [0, 0.1) is 0 Å². The molecule has 0 amide bonds. The number of aldehydes is 1. The van der Waals surface area contributed by atoms with Gasteiger partial charge in [0, 0.05) is 6.07 Å². The molecule has 1 aromatic carbocycles. The molecule has 0 aliphatic rings. The summed E-state index contributed by atoms with van der Waals surface area (Å²) >= 11 is 0. The van der Waals surface area contributed by atoms with Gasteiger partial charge in [-0.2, -0.15) is 0 Å². The second-order valence-electron chi connectivity index (χ2n) is 5.96. The molecular formula is C19H30N2O4. The van der Waals surface area contributed by atoms with Crippen LogP contribution in [-0.2, 0) is 0 Å². The molecule has 0 aliphatic heterocycles. The van der Waals surface area contributed by atoms with E-state index in [9.17, 15) is 9.59 Å². The number of benzene rings is 1. The van der Waals surface area contributed by atoms with Crippen molar-refractivity contribution in [2.75, 3.05) is 26.3 Å². The Morgan fingerprint density at radius 3 is 1.96 bits per heavy atom. The lowest BCUT2D eigenvalue weighted by molar-refractivity contribution is 0.101. The van der Waals surface area contributed by atoms with Gasteiger partial charge in [-0.15, -0.1) is 0 Å². The number of ketones is 1. The summed E-state index contributed by atoms with van der Waals surface area (Å²) in [6.07, 6.45) is 6.27. The average Bonchev–Trinajstić information content (AvgIpc) is 2.61. The summed E-state index contributed by atoms with van der Waals surface area (Å²) in [6.45, 7) is 3.77. The van der Waals surface area contributed by atoms with E-state index in [0.29, 0.717) is 55.2 Å². The Morgan fingerprint density at radius 2 is 1.48 bits per heavy atom. The molecule has 0 heterocycles. The summed E-state index contributed by atoms with van der Waals surface area (Å²) in [5.74, 6) is 0.766. The van der Waals surface area contributed by atoms with Gasteiger partial charge in [-0.05, 0) is 64.6 Å². The Kier molecular flexibility index (Phi) is 10.5. The molecule has 0 atom stereocenters. The number of hydrogen-bond acceptors (Lipinski definition) is 6. The Balaban J connectivity index is 2.79. The molecule has 0 fully saturated rings. The first kappa shape index (κ1) is 21.1. The van der Waals surface area contributed by atoms with E-state index in [1.54, 1.807) is 12.1 Å². The van der Waals surface area contributed by atoms with E-state index >= 15 is 0 Å². The molecule has 1 aromatic rings. The lowest BCUT2D eigenvalue weighted by Gasteiger charge is -2.14. The van der Waals surface area contributed by atoms with E-state index < -0.39 is 0 Å². The number of ether oxygens (including phenoxy) is 2. The fourth-order valence-electron chi connectivity index (χ4n) is 2.40. The van der Waals surface area contributed by atoms with Crippen molar-refractivity contribution in [3.8, 4) is 11.5 Å². The molecule has 4 N–H and O–H groups in total. The first-order chi connectivity index (χ1) is 12.1. The van der Waals surface area contributed by atoms with E-state index in [1.165, 1.54) is 6.92 Å². The lowest BCUT2D eigenvalue weighted by atomic mass is 10.1. The predicted molar refractivity (Wildman–Crippen MR) is 98.6 cm³/mol. The molecule has 0 spiro atoms. The van der Waals surface area contributed by atoms with Crippen molar-refractivity contribution in [3.63, 3.8) is 0 Å². The molecule has 25 heavy (non-hydrogen) atoms. The summed E-state index contributed by atoms with van der Waals surface area (Å²) in [5.41, 5.74) is 11.7. The molecule has 0 radical (unpaired) electrons. The maximum Gasteiger partial charge on any atom is 0.163 e. The molecule has 6 heteroatoms. The number of carbonyl (C=O) groups is 2. The van der Waals surface area contributed by atoms with Gasteiger partial charge in [-0.3, -0.25) is 9.59 Å². The van der Waals surface area contributed by atoms with Crippen LogP contribution in [-0.4, -0.2) is 38.4 Å². The minimum atomic E-state index is -0.144.